The summed E-state index contributed by atoms with van der Waals surface area (Å²) in [6.45, 7) is 7.21. The summed E-state index contributed by atoms with van der Waals surface area (Å²) in [5.41, 5.74) is 5.66. The van der Waals surface area contributed by atoms with Crippen molar-refractivity contribution in [3.05, 3.63) is 34.5 Å². The molecule has 0 aromatic carbocycles. The van der Waals surface area contributed by atoms with Crippen LogP contribution in [-0.2, 0) is 0 Å². The molecule has 3 heteroatoms. The molecule has 0 fully saturated rings. The van der Waals surface area contributed by atoms with Crippen LogP contribution < -0.4 is 11.1 Å². The van der Waals surface area contributed by atoms with Crippen molar-refractivity contribution < 1.29 is 0 Å². The average Bonchev–Trinajstić information content (AvgIpc) is 2.54. The maximum Gasteiger partial charge on any atom is 0.0541 e. The number of aryl methyl sites for hydroxylation is 1. The fraction of sp³-hybridized carbons (Fsp3) is 0.400. The van der Waals surface area contributed by atoms with E-state index in [1.807, 2.05) is 6.08 Å². The zero-order valence-corrected chi connectivity index (χ0v) is 8.73. The minimum Gasteiger partial charge on any atom is -0.329 e. The van der Waals surface area contributed by atoms with Crippen LogP contribution in [0.5, 0.6) is 0 Å². The lowest BCUT2D eigenvalue weighted by Crippen LogP contribution is -2.27. The van der Waals surface area contributed by atoms with E-state index in [1.54, 1.807) is 11.3 Å². The zero-order valence-electron chi connectivity index (χ0n) is 7.92. The third kappa shape index (κ3) is 2.95. The van der Waals surface area contributed by atoms with Gasteiger partial charge in [-0.05, 0) is 19.1 Å². The molecule has 72 valence electrons. The van der Waals surface area contributed by atoms with Gasteiger partial charge >= 0.3 is 0 Å². The second-order valence-electron chi connectivity index (χ2n) is 2.93. The molecule has 0 saturated carbocycles. The van der Waals surface area contributed by atoms with Gasteiger partial charge in [0.25, 0.3) is 0 Å². The lowest BCUT2D eigenvalue weighted by Gasteiger charge is -2.13. The third-order valence-electron chi connectivity index (χ3n) is 1.85. The van der Waals surface area contributed by atoms with Gasteiger partial charge in [-0.25, -0.2) is 0 Å². The minimum atomic E-state index is 0.275. The van der Waals surface area contributed by atoms with Gasteiger partial charge in [-0.15, -0.1) is 17.9 Å². The van der Waals surface area contributed by atoms with Crippen LogP contribution in [0.2, 0.25) is 0 Å². The summed E-state index contributed by atoms with van der Waals surface area (Å²) in [5, 5.41) is 3.32. The molecular weight excluding hydrogens is 180 g/mol. The van der Waals surface area contributed by atoms with Crippen molar-refractivity contribution in [3.63, 3.8) is 0 Å². The summed E-state index contributed by atoms with van der Waals surface area (Å²) in [5.74, 6) is 0. The Balaban J connectivity index is 2.60. The van der Waals surface area contributed by atoms with Crippen LogP contribution in [0, 0.1) is 6.92 Å². The number of hydrogen-bond donors (Lipinski definition) is 2. The Morgan fingerprint density at radius 3 is 2.92 bits per heavy atom. The van der Waals surface area contributed by atoms with E-state index >= 15 is 0 Å². The van der Waals surface area contributed by atoms with E-state index in [0.29, 0.717) is 6.54 Å². The smallest absolute Gasteiger partial charge is 0.0541 e. The Kier molecular flexibility index (Phi) is 4.15. The molecular formula is C10H16N2S. The second-order valence-corrected chi connectivity index (χ2v) is 4.25. The highest BCUT2D eigenvalue weighted by Crippen LogP contribution is 2.21. The van der Waals surface area contributed by atoms with E-state index in [-0.39, 0.29) is 6.04 Å². The SMILES string of the molecule is C=CCNC(CN)c1ccc(C)s1. The van der Waals surface area contributed by atoms with Crippen molar-refractivity contribution in [2.75, 3.05) is 13.1 Å². The van der Waals surface area contributed by atoms with Crippen molar-refractivity contribution in [2.24, 2.45) is 5.73 Å². The average molecular weight is 196 g/mol. The summed E-state index contributed by atoms with van der Waals surface area (Å²) in [6.07, 6.45) is 1.85. The Morgan fingerprint density at radius 2 is 2.46 bits per heavy atom. The normalized spacial score (nSPS) is 12.8. The highest BCUT2D eigenvalue weighted by atomic mass is 32.1. The number of rotatable bonds is 5. The predicted molar refractivity (Wildman–Crippen MR) is 59.1 cm³/mol. The van der Waals surface area contributed by atoms with E-state index in [9.17, 15) is 0 Å². The monoisotopic (exact) mass is 196 g/mol. The van der Waals surface area contributed by atoms with Crippen molar-refractivity contribution in [1.82, 2.24) is 5.32 Å². The quantitative estimate of drug-likeness (QED) is 0.705. The van der Waals surface area contributed by atoms with Crippen molar-refractivity contribution in [3.8, 4) is 0 Å². The Labute approximate surface area is 83.5 Å². The van der Waals surface area contributed by atoms with Gasteiger partial charge < -0.3 is 11.1 Å². The van der Waals surface area contributed by atoms with E-state index in [0.717, 1.165) is 6.54 Å². The molecule has 1 aromatic rings. The van der Waals surface area contributed by atoms with Crippen LogP contribution >= 0.6 is 11.3 Å². The van der Waals surface area contributed by atoms with Crippen LogP contribution in [-0.4, -0.2) is 13.1 Å². The third-order valence-corrected chi connectivity index (χ3v) is 2.96. The molecule has 1 heterocycles. The summed E-state index contributed by atoms with van der Waals surface area (Å²) >= 11 is 1.79. The maximum atomic E-state index is 5.66. The topological polar surface area (TPSA) is 38.0 Å². The van der Waals surface area contributed by atoms with Gasteiger partial charge in [0.1, 0.15) is 0 Å². The van der Waals surface area contributed by atoms with Crippen LogP contribution in [0.4, 0.5) is 0 Å². The number of thiophene rings is 1. The van der Waals surface area contributed by atoms with Crippen LogP contribution in [0.15, 0.2) is 24.8 Å². The van der Waals surface area contributed by atoms with Gasteiger partial charge in [0.2, 0.25) is 0 Å². The maximum absolute atomic E-state index is 5.66. The molecule has 0 saturated heterocycles. The molecule has 0 amide bonds. The van der Waals surface area contributed by atoms with E-state index in [2.05, 4.69) is 31.0 Å². The number of nitrogens with one attached hydrogen (secondary N) is 1. The molecule has 1 aromatic heterocycles. The van der Waals surface area contributed by atoms with Crippen molar-refractivity contribution >= 4 is 11.3 Å². The molecule has 13 heavy (non-hydrogen) atoms. The van der Waals surface area contributed by atoms with Crippen LogP contribution in [0.1, 0.15) is 15.8 Å². The van der Waals surface area contributed by atoms with E-state index < -0.39 is 0 Å². The fourth-order valence-electron chi connectivity index (χ4n) is 1.17. The second kappa shape index (κ2) is 5.17. The van der Waals surface area contributed by atoms with Gasteiger partial charge in [-0.3, -0.25) is 0 Å². The summed E-state index contributed by atoms with van der Waals surface area (Å²) in [6, 6.07) is 4.53. The molecule has 1 unspecified atom stereocenters. The van der Waals surface area contributed by atoms with Crippen molar-refractivity contribution in [1.29, 1.82) is 0 Å². The van der Waals surface area contributed by atoms with Crippen LogP contribution in [0.3, 0.4) is 0 Å². The number of hydrogen-bond acceptors (Lipinski definition) is 3. The highest BCUT2D eigenvalue weighted by molar-refractivity contribution is 7.12. The summed E-state index contributed by atoms with van der Waals surface area (Å²) in [7, 11) is 0. The van der Waals surface area contributed by atoms with Crippen LogP contribution in [0.25, 0.3) is 0 Å². The first kappa shape index (κ1) is 10.4. The van der Waals surface area contributed by atoms with Gasteiger partial charge in [0.05, 0.1) is 6.04 Å². The molecule has 0 aliphatic carbocycles. The molecule has 3 N–H and O–H groups in total. The van der Waals surface area contributed by atoms with E-state index in [4.69, 9.17) is 5.73 Å². The highest BCUT2D eigenvalue weighted by Gasteiger charge is 2.09. The molecule has 0 radical (unpaired) electrons. The fourth-order valence-corrected chi connectivity index (χ4v) is 2.13. The van der Waals surface area contributed by atoms with Gasteiger partial charge in [-0.2, -0.15) is 0 Å². The van der Waals surface area contributed by atoms with Gasteiger partial charge in [-0.1, -0.05) is 6.08 Å². The molecule has 1 atom stereocenters. The summed E-state index contributed by atoms with van der Waals surface area (Å²) in [4.78, 5) is 2.63. The molecule has 0 bridgehead atoms. The molecule has 0 spiro atoms. The Hall–Kier alpha value is -0.640. The molecule has 1 rings (SSSR count). The summed E-state index contributed by atoms with van der Waals surface area (Å²) < 4.78 is 0. The van der Waals surface area contributed by atoms with Gasteiger partial charge in [0.15, 0.2) is 0 Å². The minimum absolute atomic E-state index is 0.275. The molecule has 0 aliphatic heterocycles. The lowest BCUT2D eigenvalue weighted by atomic mass is 10.2. The first-order valence-corrected chi connectivity index (χ1v) is 5.20. The lowest BCUT2D eigenvalue weighted by molar-refractivity contribution is 0.587. The number of nitrogens with two attached hydrogens (primary N) is 1. The Bertz CT molecular complexity index is 268. The molecule has 0 aliphatic rings. The molecule has 2 nitrogen and oxygen atoms in total. The zero-order chi connectivity index (χ0) is 9.68. The largest absolute Gasteiger partial charge is 0.329 e. The first-order chi connectivity index (χ1) is 6.27. The first-order valence-electron chi connectivity index (χ1n) is 4.38. The van der Waals surface area contributed by atoms with Crippen molar-refractivity contribution in [2.45, 2.75) is 13.0 Å². The van der Waals surface area contributed by atoms with Gasteiger partial charge in [0, 0.05) is 22.8 Å². The van der Waals surface area contributed by atoms with E-state index in [1.165, 1.54) is 9.75 Å². The predicted octanol–water partition coefficient (Wildman–Crippen LogP) is 1.83. The Morgan fingerprint density at radius 1 is 1.69 bits per heavy atom. The standard InChI is InChI=1S/C10H16N2S/c1-3-6-12-9(7-11)10-5-4-8(2)13-10/h3-5,9,12H,1,6-7,11H2,2H3.